The van der Waals surface area contributed by atoms with Crippen molar-refractivity contribution < 1.29 is 19.1 Å². The van der Waals surface area contributed by atoms with Crippen molar-refractivity contribution in [1.29, 1.82) is 0 Å². The van der Waals surface area contributed by atoms with Crippen LogP contribution >= 0.6 is 23.2 Å². The Morgan fingerprint density at radius 3 is 2.29 bits per heavy atom. The van der Waals surface area contributed by atoms with Crippen molar-refractivity contribution in [2.45, 2.75) is 13.8 Å². The Morgan fingerprint density at radius 2 is 1.81 bits per heavy atom. The van der Waals surface area contributed by atoms with Gasteiger partial charge in [0.2, 0.25) is 0 Å². The zero-order valence-corrected chi connectivity index (χ0v) is 13.0. The number of carbonyl (C=O) groups excluding carboxylic acids is 2. The summed E-state index contributed by atoms with van der Waals surface area (Å²) in [5.74, 6) is -2.73. The van der Waals surface area contributed by atoms with E-state index in [0.717, 1.165) is 6.21 Å². The molecule has 0 aliphatic rings. The first-order valence-electron chi connectivity index (χ1n) is 6.19. The number of aromatic nitrogens is 1. The molecule has 0 spiro atoms. The van der Waals surface area contributed by atoms with E-state index in [1.165, 1.54) is 12.1 Å². The molecule has 8 heteroatoms. The van der Waals surface area contributed by atoms with Crippen LogP contribution in [-0.4, -0.2) is 36.4 Å². The summed E-state index contributed by atoms with van der Waals surface area (Å²) in [5, 5.41) is 0.275. The number of halogens is 2. The minimum Gasteiger partial charge on any atom is -0.465 e. The lowest BCUT2D eigenvalue weighted by atomic mass is 10.2. The zero-order valence-electron chi connectivity index (χ0n) is 11.5. The molecule has 0 aliphatic heterocycles. The molecule has 0 atom stereocenters. The number of aliphatic imine (C=N–C) groups is 1. The van der Waals surface area contributed by atoms with Crippen molar-refractivity contribution in [3.8, 4) is 0 Å². The van der Waals surface area contributed by atoms with Crippen molar-refractivity contribution in [3.63, 3.8) is 0 Å². The van der Waals surface area contributed by atoms with E-state index in [0.29, 0.717) is 0 Å². The van der Waals surface area contributed by atoms with Gasteiger partial charge in [0.25, 0.3) is 0 Å². The van der Waals surface area contributed by atoms with E-state index in [1.54, 1.807) is 13.8 Å². The highest BCUT2D eigenvalue weighted by Gasteiger charge is 2.27. The number of hydrogen-bond acceptors (Lipinski definition) is 6. The molecule has 6 nitrogen and oxygen atoms in total. The number of pyridine rings is 1. The van der Waals surface area contributed by atoms with Gasteiger partial charge in [-0.15, -0.1) is 0 Å². The first kappa shape index (κ1) is 17.4. The van der Waals surface area contributed by atoms with Gasteiger partial charge in [0.05, 0.1) is 13.2 Å². The Morgan fingerprint density at radius 1 is 1.24 bits per heavy atom. The lowest BCUT2D eigenvalue weighted by Gasteiger charge is -2.10. The fourth-order valence-corrected chi connectivity index (χ4v) is 1.73. The monoisotopic (exact) mass is 332 g/mol. The topological polar surface area (TPSA) is 77.9 Å². The zero-order chi connectivity index (χ0) is 15.8. The van der Waals surface area contributed by atoms with Crippen molar-refractivity contribution in [1.82, 2.24) is 4.98 Å². The molecule has 0 saturated heterocycles. The molecule has 0 fully saturated rings. The minimum absolute atomic E-state index is 0.0604. The Labute approximate surface area is 132 Å². The van der Waals surface area contributed by atoms with Crippen LogP contribution in [0.3, 0.4) is 0 Å². The van der Waals surface area contributed by atoms with Gasteiger partial charge in [0.15, 0.2) is 11.1 Å². The van der Waals surface area contributed by atoms with Crippen LogP contribution in [0.5, 0.6) is 0 Å². The second-order valence-corrected chi connectivity index (χ2v) is 4.45. The van der Waals surface area contributed by atoms with Crippen molar-refractivity contribution in [3.05, 3.63) is 22.4 Å². The smallest absolute Gasteiger partial charge is 0.325 e. The summed E-state index contributed by atoms with van der Waals surface area (Å²) in [6.07, 6.45) is 1.12. The van der Waals surface area contributed by atoms with E-state index >= 15 is 0 Å². The van der Waals surface area contributed by atoms with Crippen molar-refractivity contribution in [2.24, 2.45) is 10.9 Å². The van der Waals surface area contributed by atoms with E-state index in [9.17, 15) is 9.59 Å². The third-order valence-corrected chi connectivity index (χ3v) is 2.73. The summed E-state index contributed by atoms with van der Waals surface area (Å²) in [5.41, 5.74) is 0.277. The van der Waals surface area contributed by atoms with Crippen LogP contribution in [0.25, 0.3) is 0 Å². The Balaban J connectivity index is 2.96. The highest BCUT2D eigenvalue weighted by molar-refractivity contribution is 6.34. The van der Waals surface area contributed by atoms with Crippen molar-refractivity contribution in [2.75, 3.05) is 13.2 Å². The predicted molar refractivity (Wildman–Crippen MR) is 79.2 cm³/mol. The highest BCUT2D eigenvalue weighted by Crippen LogP contribution is 2.24. The van der Waals surface area contributed by atoms with Crippen LogP contribution in [0.2, 0.25) is 10.3 Å². The molecule has 1 aromatic rings. The SMILES string of the molecule is CCOC(=O)C(/C=N/c1ccc(Cl)nc1Cl)C(=O)OCC. The Bertz CT molecular complexity index is 531. The molecule has 0 saturated carbocycles. The van der Waals surface area contributed by atoms with E-state index in [-0.39, 0.29) is 29.2 Å². The average molecular weight is 333 g/mol. The summed E-state index contributed by atoms with van der Waals surface area (Å²) >= 11 is 11.5. The molecule has 114 valence electrons. The van der Waals surface area contributed by atoms with Gasteiger partial charge in [-0.3, -0.25) is 14.6 Å². The number of hydrogen-bond donors (Lipinski definition) is 0. The van der Waals surface area contributed by atoms with E-state index in [1.807, 2.05) is 0 Å². The largest absolute Gasteiger partial charge is 0.465 e. The molecule has 0 bridgehead atoms. The van der Waals surface area contributed by atoms with Crippen LogP contribution in [0.15, 0.2) is 17.1 Å². The lowest BCUT2D eigenvalue weighted by molar-refractivity contribution is -0.157. The maximum Gasteiger partial charge on any atom is 0.325 e. The fourth-order valence-electron chi connectivity index (χ4n) is 1.34. The van der Waals surface area contributed by atoms with E-state index in [4.69, 9.17) is 32.7 Å². The third-order valence-electron chi connectivity index (χ3n) is 2.24. The fraction of sp³-hybridized carbons (Fsp3) is 0.385. The molecule has 0 unspecified atom stereocenters. The summed E-state index contributed by atoms with van der Waals surface area (Å²) < 4.78 is 9.62. The molecule has 1 aromatic heterocycles. The molecule has 0 radical (unpaired) electrons. The summed E-state index contributed by atoms with van der Waals surface area (Å²) in [7, 11) is 0. The maximum absolute atomic E-state index is 11.7. The van der Waals surface area contributed by atoms with Gasteiger partial charge in [-0.1, -0.05) is 23.2 Å². The lowest BCUT2D eigenvalue weighted by Crippen LogP contribution is -2.29. The molecule has 21 heavy (non-hydrogen) atoms. The summed E-state index contributed by atoms with van der Waals surface area (Å²) in [6, 6.07) is 3.01. The first-order chi connectivity index (χ1) is 9.99. The number of carbonyl (C=O) groups is 2. The van der Waals surface area contributed by atoms with Gasteiger partial charge < -0.3 is 9.47 Å². The summed E-state index contributed by atoms with van der Waals surface area (Å²) in [6.45, 7) is 3.56. The minimum atomic E-state index is -1.25. The van der Waals surface area contributed by atoms with Crippen molar-refractivity contribution >= 4 is 47.0 Å². The summed E-state index contributed by atoms with van der Waals surface area (Å²) in [4.78, 5) is 31.2. The first-order valence-corrected chi connectivity index (χ1v) is 6.94. The molecule has 0 aromatic carbocycles. The number of ether oxygens (including phenoxy) is 2. The molecule has 0 amide bonds. The van der Waals surface area contributed by atoms with E-state index < -0.39 is 17.9 Å². The van der Waals surface area contributed by atoms with Gasteiger partial charge in [0, 0.05) is 6.21 Å². The number of rotatable bonds is 6. The molecule has 1 heterocycles. The van der Waals surface area contributed by atoms with Gasteiger partial charge >= 0.3 is 11.9 Å². The van der Waals surface area contributed by atoms with Gasteiger partial charge in [0.1, 0.15) is 10.8 Å². The second-order valence-electron chi connectivity index (χ2n) is 3.70. The van der Waals surface area contributed by atoms with Gasteiger partial charge in [-0.25, -0.2) is 4.98 Å². The average Bonchev–Trinajstić information content (AvgIpc) is 2.41. The molecule has 0 aliphatic carbocycles. The molecule has 1 rings (SSSR count). The molecular formula is C13H14Cl2N2O4. The Kier molecular flexibility index (Phi) is 7.11. The number of esters is 2. The van der Waals surface area contributed by atoms with Crippen LogP contribution in [-0.2, 0) is 19.1 Å². The third kappa shape index (κ3) is 5.32. The maximum atomic E-state index is 11.7. The van der Waals surface area contributed by atoms with Gasteiger partial charge in [-0.05, 0) is 26.0 Å². The van der Waals surface area contributed by atoms with Crippen LogP contribution in [0, 0.1) is 5.92 Å². The number of nitrogens with zero attached hydrogens (tertiary/aromatic N) is 2. The predicted octanol–water partition coefficient (Wildman–Crippen LogP) is 2.83. The van der Waals surface area contributed by atoms with Crippen LogP contribution in [0.1, 0.15) is 13.8 Å². The Hall–Kier alpha value is -1.66. The highest BCUT2D eigenvalue weighted by atomic mass is 35.5. The standard InChI is InChI=1S/C13H14Cl2N2O4/c1-3-20-12(18)8(13(19)21-4-2)7-16-9-5-6-10(14)17-11(9)15/h5-8H,3-4H2,1-2H3/b16-7+. The van der Waals surface area contributed by atoms with Crippen LogP contribution in [0.4, 0.5) is 5.69 Å². The molecular weight excluding hydrogens is 319 g/mol. The quantitative estimate of drug-likeness (QED) is 0.346. The second kappa shape index (κ2) is 8.59. The van der Waals surface area contributed by atoms with Gasteiger partial charge in [-0.2, -0.15) is 0 Å². The van der Waals surface area contributed by atoms with E-state index in [2.05, 4.69) is 9.98 Å². The van der Waals surface area contributed by atoms with Crippen LogP contribution < -0.4 is 0 Å². The molecule has 0 N–H and O–H groups in total. The normalized spacial score (nSPS) is 10.9.